The Kier molecular flexibility index (Phi) is 3.04. The van der Waals surface area contributed by atoms with Crippen molar-refractivity contribution in [2.24, 2.45) is 0 Å². The predicted octanol–water partition coefficient (Wildman–Crippen LogP) is 2.37. The van der Waals surface area contributed by atoms with Gasteiger partial charge in [0, 0.05) is 17.7 Å². The molecular formula is C10H8FNO. The molecule has 0 aliphatic heterocycles. The second kappa shape index (κ2) is 4.27. The van der Waals surface area contributed by atoms with Crippen molar-refractivity contribution in [3.8, 4) is 11.8 Å². The fourth-order valence-electron chi connectivity index (χ4n) is 0.950. The number of nitriles is 1. The van der Waals surface area contributed by atoms with E-state index in [-0.39, 0.29) is 5.82 Å². The van der Waals surface area contributed by atoms with Crippen LogP contribution in [0, 0.1) is 17.1 Å². The van der Waals surface area contributed by atoms with E-state index >= 15 is 0 Å². The normalized spacial score (nSPS) is 9.92. The number of rotatable bonds is 2. The first-order valence-electron chi connectivity index (χ1n) is 3.67. The highest BCUT2D eigenvalue weighted by molar-refractivity contribution is 5.58. The summed E-state index contributed by atoms with van der Waals surface area (Å²) in [5.74, 6) is 0.0671. The number of nitrogens with zero attached hydrogens (tertiary/aromatic N) is 1. The lowest BCUT2D eigenvalue weighted by Crippen LogP contribution is -1.87. The van der Waals surface area contributed by atoms with Gasteiger partial charge in [-0.1, -0.05) is 0 Å². The number of halogens is 1. The third-order valence-electron chi connectivity index (χ3n) is 1.53. The van der Waals surface area contributed by atoms with E-state index in [2.05, 4.69) is 0 Å². The molecule has 0 spiro atoms. The van der Waals surface area contributed by atoms with E-state index in [1.807, 2.05) is 6.07 Å². The summed E-state index contributed by atoms with van der Waals surface area (Å²) in [6.07, 6.45) is 2.88. The van der Waals surface area contributed by atoms with Crippen molar-refractivity contribution in [2.75, 3.05) is 7.11 Å². The molecule has 13 heavy (non-hydrogen) atoms. The van der Waals surface area contributed by atoms with Gasteiger partial charge in [0.25, 0.3) is 0 Å². The largest absolute Gasteiger partial charge is 0.496 e. The van der Waals surface area contributed by atoms with Crippen LogP contribution in [0.3, 0.4) is 0 Å². The van der Waals surface area contributed by atoms with Crippen molar-refractivity contribution in [3.05, 3.63) is 35.7 Å². The Bertz CT molecular complexity index is 366. The fraction of sp³-hybridized carbons (Fsp3) is 0.100. The second-order valence-electron chi connectivity index (χ2n) is 2.35. The van der Waals surface area contributed by atoms with Gasteiger partial charge in [0.2, 0.25) is 0 Å². The van der Waals surface area contributed by atoms with Crippen LogP contribution in [0.4, 0.5) is 4.39 Å². The van der Waals surface area contributed by atoms with Crippen molar-refractivity contribution in [1.82, 2.24) is 0 Å². The summed E-state index contributed by atoms with van der Waals surface area (Å²) in [6, 6.07) is 6.00. The Morgan fingerprint density at radius 2 is 2.31 bits per heavy atom. The van der Waals surface area contributed by atoms with Crippen molar-refractivity contribution in [1.29, 1.82) is 5.26 Å². The average molecular weight is 177 g/mol. The molecular weight excluding hydrogens is 169 g/mol. The van der Waals surface area contributed by atoms with Crippen LogP contribution in [0.15, 0.2) is 24.3 Å². The van der Waals surface area contributed by atoms with Crippen LogP contribution < -0.4 is 4.74 Å². The number of benzene rings is 1. The molecule has 0 saturated carbocycles. The lowest BCUT2D eigenvalue weighted by atomic mass is 10.2. The molecule has 0 bridgehead atoms. The zero-order valence-corrected chi connectivity index (χ0v) is 7.12. The van der Waals surface area contributed by atoms with Crippen molar-refractivity contribution in [2.45, 2.75) is 0 Å². The van der Waals surface area contributed by atoms with Gasteiger partial charge in [-0.05, 0) is 18.2 Å². The molecule has 0 aliphatic rings. The summed E-state index contributed by atoms with van der Waals surface area (Å²) in [5, 5.41) is 8.29. The molecule has 66 valence electrons. The van der Waals surface area contributed by atoms with Gasteiger partial charge in [-0.3, -0.25) is 0 Å². The van der Waals surface area contributed by atoms with E-state index in [0.29, 0.717) is 11.3 Å². The zero-order chi connectivity index (χ0) is 9.68. The fourth-order valence-corrected chi connectivity index (χ4v) is 0.950. The first-order chi connectivity index (χ1) is 6.27. The van der Waals surface area contributed by atoms with E-state index in [9.17, 15) is 4.39 Å². The Hall–Kier alpha value is -1.82. The first kappa shape index (κ1) is 9.27. The van der Waals surface area contributed by atoms with Crippen LogP contribution in [0.2, 0.25) is 0 Å². The monoisotopic (exact) mass is 177 g/mol. The third-order valence-corrected chi connectivity index (χ3v) is 1.53. The summed E-state index contributed by atoms with van der Waals surface area (Å²) < 4.78 is 17.6. The lowest BCUT2D eigenvalue weighted by Gasteiger charge is -2.03. The Balaban J connectivity index is 3.07. The van der Waals surface area contributed by atoms with Crippen LogP contribution >= 0.6 is 0 Å². The average Bonchev–Trinajstić information content (AvgIpc) is 2.16. The van der Waals surface area contributed by atoms with Crippen molar-refractivity contribution in [3.63, 3.8) is 0 Å². The molecule has 3 heteroatoms. The minimum Gasteiger partial charge on any atom is -0.496 e. The second-order valence-corrected chi connectivity index (χ2v) is 2.35. The van der Waals surface area contributed by atoms with Crippen LogP contribution in [0.25, 0.3) is 6.08 Å². The van der Waals surface area contributed by atoms with E-state index in [0.717, 1.165) is 0 Å². The highest BCUT2D eigenvalue weighted by Gasteiger charge is 2.00. The van der Waals surface area contributed by atoms with Crippen LogP contribution in [-0.2, 0) is 0 Å². The molecule has 1 aromatic carbocycles. The molecule has 0 saturated heterocycles. The maximum Gasteiger partial charge on any atom is 0.129 e. The Labute approximate surface area is 75.9 Å². The first-order valence-corrected chi connectivity index (χ1v) is 3.67. The number of ether oxygens (including phenoxy) is 1. The Morgan fingerprint density at radius 3 is 2.92 bits per heavy atom. The van der Waals surface area contributed by atoms with Gasteiger partial charge in [0.05, 0.1) is 13.2 Å². The molecule has 0 aromatic heterocycles. The highest BCUT2D eigenvalue weighted by Crippen LogP contribution is 2.20. The molecule has 0 atom stereocenters. The molecule has 0 radical (unpaired) electrons. The maximum absolute atomic E-state index is 12.7. The quantitative estimate of drug-likeness (QED) is 0.649. The van der Waals surface area contributed by atoms with Crippen LogP contribution in [0.1, 0.15) is 5.56 Å². The van der Waals surface area contributed by atoms with E-state index in [1.165, 1.54) is 25.3 Å². The molecule has 0 aliphatic carbocycles. The van der Waals surface area contributed by atoms with Gasteiger partial charge in [0.1, 0.15) is 11.6 Å². The third kappa shape index (κ3) is 2.31. The smallest absolute Gasteiger partial charge is 0.129 e. The number of methoxy groups -OCH3 is 1. The summed E-state index contributed by atoms with van der Waals surface area (Å²) in [6.45, 7) is 0. The van der Waals surface area contributed by atoms with Crippen LogP contribution in [0.5, 0.6) is 5.75 Å². The van der Waals surface area contributed by atoms with Gasteiger partial charge in [0.15, 0.2) is 0 Å². The molecule has 0 unspecified atom stereocenters. The van der Waals surface area contributed by atoms with Crippen LogP contribution in [-0.4, -0.2) is 7.11 Å². The van der Waals surface area contributed by atoms with Crippen molar-refractivity contribution >= 4 is 6.08 Å². The highest BCUT2D eigenvalue weighted by atomic mass is 19.1. The molecule has 1 rings (SSSR count). The molecule has 1 aromatic rings. The molecule has 0 N–H and O–H groups in total. The van der Waals surface area contributed by atoms with Gasteiger partial charge >= 0.3 is 0 Å². The number of hydrogen-bond donors (Lipinski definition) is 0. The van der Waals surface area contributed by atoms with Gasteiger partial charge in [-0.15, -0.1) is 0 Å². The lowest BCUT2D eigenvalue weighted by molar-refractivity contribution is 0.410. The van der Waals surface area contributed by atoms with E-state index in [1.54, 1.807) is 12.1 Å². The summed E-state index contributed by atoms with van der Waals surface area (Å²) in [5.41, 5.74) is 0.686. The maximum atomic E-state index is 12.7. The minimum atomic E-state index is -0.356. The molecule has 0 amide bonds. The predicted molar refractivity (Wildman–Crippen MR) is 47.6 cm³/mol. The van der Waals surface area contributed by atoms with Gasteiger partial charge in [-0.25, -0.2) is 4.39 Å². The SMILES string of the molecule is COc1cc(F)ccc1C=CC#N. The molecule has 0 fully saturated rings. The number of hydrogen-bond acceptors (Lipinski definition) is 2. The zero-order valence-electron chi connectivity index (χ0n) is 7.12. The standard InChI is InChI=1S/C10H8FNO/c1-13-10-7-9(11)5-4-8(10)3-2-6-12/h2-5,7H,1H3. The topological polar surface area (TPSA) is 33.0 Å². The van der Waals surface area contributed by atoms with Gasteiger partial charge < -0.3 is 4.74 Å². The number of allylic oxidation sites excluding steroid dienone is 1. The van der Waals surface area contributed by atoms with E-state index in [4.69, 9.17) is 10.00 Å². The molecule has 2 nitrogen and oxygen atoms in total. The Morgan fingerprint density at radius 1 is 1.54 bits per heavy atom. The summed E-state index contributed by atoms with van der Waals surface area (Å²) in [4.78, 5) is 0. The summed E-state index contributed by atoms with van der Waals surface area (Å²) in [7, 11) is 1.46. The molecule has 0 heterocycles. The van der Waals surface area contributed by atoms with E-state index < -0.39 is 0 Å². The van der Waals surface area contributed by atoms with Crippen molar-refractivity contribution < 1.29 is 9.13 Å². The minimum absolute atomic E-state index is 0.356. The summed E-state index contributed by atoms with van der Waals surface area (Å²) >= 11 is 0. The van der Waals surface area contributed by atoms with Gasteiger partial charge in [-0.2, -0.15) is 5.26 Å².